The summed E-state index contributed by atoms with van der Waals surface area (Å²) in [4.78, 5) is 38.2. The molecule has 0 bridgehead atoms. The molecule has 0 heterocycles. The summed E-state index contributed by atoms with van der Waals surface area (Å²) >= 11 is 0. The second kappa shape index (κ2) is 61.9. The first-order valence-corrected chi connectivity index (χ1v) is 31.2. The molecule has 0 aromatic carbocycles. The van der Waals surface area contributed by atoms with Gasteiger partial charge in [-0.25, -0.2) is 0 Å². The topological polar surface area (TPSA) is 78.9 Å². The number of carbonyl (C=O) groups is 3. The van der Waals surface area contributed by atoms with Crippen molar-refractivity contribution in [3.8, 4) is 0 Å². The summed E-state index contributed by atoms with van der Waals surface area (Å²) in [5.41, 5.74) is 0. The van der Waals surface area contributed by atoms with E-state index in [1.165, 1.54) is 135 Å². The van der Waals surface area contributed by atoms with Gasteiger partial charge in [-0.1, -0.05) is 291 Å². The zero-order valence-electron chi connectivity index (χ0n) is 48.6. The van der Waals surface area contributed by atoms with Crippen molar-refractivity contribution in [1.82, 2.24) is 0 Å². The molecule has 74 heavy (non-hydrogen) atoms. The van der Waals surface area contributed by atoms with E-state index in [4.69, 9.17) is 14.2 Å². The van der Waals surface area contributed by atoms with Gasteiger partial charge in [0.1, 0.15) is 13.2 Å². The van der Waals surface area contributed by atoms with E-state index in [1.54, 1.807) is 0 Å². The summed E-state index contributed by atoms with van der Waals surface area (Å²) in [5, 5.41) is 0. The first-order valence-electron chi connectivity index (χ1n) is 31.2. The van der Waals surface area contributed by atoms with E-state index in [2.05, 4.69) is 118 Å². The monoisotopic (exact) mass is 1030 g/mol. The Morgan fingerprint density at radius 2 is 0.527 bits per heavy atom. The Labute approximate surface area is 457 Å². The van der Waals surface area contributed by atoms with Gasteiger partial charge in [0.25, 0.3) is 0 Å². The molecule has 0 fully saturated rings. The van der Waals surface area contributed by atoms with Crippen LogP contribution in [-0.2, 0) is 28.6 Å². The average Bonchev–Trinajstić information content (AvgIpc) is 3.40. The number of hydrogen-bond donors (Lipinski definition) is 0. The van der Waals surface area contributed by atoms with Crippen LogP contribution < -0.4 is 0 Å². The van der Waals surface area contributed by atoms with Crippen LogP contribution in [0.2, 0.25) is 0 Å². The molecule has 6 nitrogen and oxygen atoms in total. The lowest BCUT2D eigenvalue weighted by atomic mass is 10.0. The smallest absolute Gasteiger partial charge is 0.306 e. The summed E-state index contributed by atoms with van der Waals surface area (Å²) < 4.78 is 16.9. The highest BCUT2D eigenvalue weighted by Gasteiger charge is 2.19. The summed E-state index contributed by atoms with van der Waals surface area (Å²) in [5.74, 6) is -0.899. The predicted octanol–water partition coefficient (Wildman–Crippen LogP) is 21.3. The first-order chi connectivity index (χ1) is 36.5. The molecule has 0 aliphatic heterocycles. The second-order valence-electron chi connectivity index (χ2n) is 20.6. The van der Waals surface area contributed by atoms with Crippen LogP contribution in [0.25, 0.3) is 0 Å². The molecule has 0 radical (unpaired) electrons. The van der Waals surface area contributed by atoms with Crippen molar-refractivity contribution >= 4 is 17.9 Å². The van der Waals surface area contributed by atoms with Gasteiger partial charge in [0, 0.05) is 19.3 Å². The quantitative estimate of drug-likeness (QED) is 0.0261. The summed E-state index contributed by atoms with van der Waals surface area (Å²) in [6, 6.07) is 0. The average molecular weight is 1030 g/mol. The standard InChI is InChI=1S/C68H116O6/c1-4-7-10-13-16-19-22-24-26-28-29-30-31-32-33-34-35-36-37-38-39-41-42-44-46-49-52-55-58-61-67(70)73-64-65(63-72-66(69)60-57-54-51-48-21-18-15-12-9-6-3)74-68(71)62-59-56-53-50-47-45-43-40-27-25-23-20-17-14-11-8-5-2/h7,10,16,19,24,26,29-30,32-33,35-36,38-39,42,44,65H,4-6,8-9,11-15,17-18,20-23,25,27-28,31,34,37,40-41,43,45-64H2,1-3H3/b10-7-,19-16-,26-24-,30-29-,33-32-,36-35-,39-38-,44-42-. The fourth-order valence-electron chi connectivity index (χ4n) is 8.69. The van der Waals surface area contributed by atoms with E-state index >= 15 is 0 Å². The lowest BCUT2D eigenvalue weighted by Gasteiger charge is -2.18. The zero-order chi connectivity index (χ0) is 53.6. The van der Waals surface area contributed by atoms with E-state index in [-0.39, 0.29) is 31.1 Å². The van der Waals surface area contributed by atoms with Gasteiger partial charge in [-0.05, 0) is 83.5 Å². The first kappa shape index (κ1) is 70.3. The Kier molecular flexibility index (Phi) is 58.8. The second-order valence-corrected chi connectivity index (χ2v) is 20.6. The van der Waals surface area contributed by atoms with Gasteiger partial charge < -0.3 is 14.2 Å². The molecule has 424 valence electrons. The van der Waals surface area contributed by atoms with Crippen molar-refractivity contribution in [3.05, 3.63) is 97.2 Å². The molecule has 0 amide bonds. The van der Waals surface area contributed by atoms with Crippen LogP contribution in [0.3, 0.4) is 0 Å². The molecule has 0 spiro atoms. The minimum Gasteiger partial charge on any atom is -0.462 e. The van der Waals surface area contributed by atoms with Crippen molar-refractivity contribution in [2.75, 3.05) is 13.2 Å². The van der Waals surface area contributed by atoms with Crippen LogP contribution >= 0.6 is 0 Å². The molecule has 0 N–H and O–H groups in total. The lowest BCUT2D eigenvalue weighted by molar-refractivity contribution is -0.167. The van der Waals surface area contributed by atoms with E-state index < -0.39 is 6.10 Å². The number of esters is 3. The minimum atomic E-state index is -0.785. The van der Waals surface area contributed by atoms with Crippen LogP contribution in [0, 0.1) is 0 Å². The largest absolute Gasteiger partial charge is 0.462 e. The number of unbranched alkanes of at least 4 members (excludes halogenated alkanes) is 29. The molecule has 0 aromatic rings. The van der Waals surface area contributed by atoms with Gasteiger partial charge in [-0.3, -0.25) is 14.4 Å². The van der Waals surface area contributed by atoms with Crippen molar-refractivity contribution < 1.29 is 28.6 Å². The van der Waals surface area contributed by atoms with Gasteiger partial charge in [0.05, 0.1) is 0 Å². The van der Waals surface area contributed by atoms with Crippen LogP contribution in [0.5, 0.6) is 0 Å². The van der Waals surface area contributed by atoms with Gasteiger partial charge >= 0.3 is 17.9 Å². The fourth-order valence-corrected chi connectivity index (χ4v) is 8.69. The molecule has 1 unspecified atom stereocenters. The molecule has 0 rings (SSSR count). The van der Waals surface area contributed by atoms with Crippen molar-refractivity contribution in [2.24, 2.45) is 0 Å². The van der Waals surface area contributed by atoms with Crippen molar-refractivity contribution in [1.29, 1.82) is 0 Å². The van der Waals surface area contributed by atoms with Crippen LogP contribution in [0.1, 0.15) is 297 Å². The predicted molar refractivity (Wildman–Crippen MR) is 320 cm³/mol. The third kappa shape index (κ3) is 59.2. The molecule has 0 aromatic heterocycles. The summed E-state index contributed by atoms with van der Waals surface area (Å²) in [7, 11) is 0. The Morgan fingerprint density at radius 3 is 0.824 bits per heavy atom. The third-order valence-electron chi connectivity index (χ3n) is 13.4. The number of carbonyl (C=O) groups excluding carboxylic acids is 3. The van der Waals surface area contributed by atoms with E-state index in [9.17, 15) is 14.4 Å². The van der Waals surface area contributed by atoms with Gasteiger partial charge in [0.2, 0.25) is 0 Å². The molecule has 0 saturated heterocycles. The number of rotatable bonds is 56. The highest BCUT2D eigenvalue weighted by molar-refractivity contribution is 5.71. The van der Waals surface area contributed by atoms with Crippen LogP contribution in [0.15, 0.2) is 97.2 Å². The lowest BCUT2D eigenvalue weighted by Crippen LogP contribution is -2.30. The highest BCUT2D eigenvalue weighted by Crippen LogP contribution is 2.16. The molecular weight excluding hydrogens is 913 g/mol. The van der Waals surface area contributed by atoms with E-state index in [1.807, 2.05) is 0 Å². The summed E-state index contributed by atoms with van der Waals surface area (Å²) in [6.07, 6.45) is 82.7. The van der Waals surface area contributed by atoms with E-state index in [0.29, 0.717) is 19.3 Å². The van der Waals surface area contributed by atoms with Crippen LogP contribution in [-0.4, -0.2) is 37.2 Å². The summed E-state index contributed by atoms with van der Waals surface area (Å²) in [6.45, 7) is 6.52. The minimum absolute atomic E-state index is 0.0819. The number of hydrogen-bond acceptors (Lipinski definition) is 6. The maximum absolute atomic E-state index is 12.9. The number of ether oxygens (including phenoxy) is 3. The molecule has 1 atom stereocenters. The fraction of sp³-hybridized carbons (Fsp3) is 0.721. The molecule has 0 saturated carbocycles. The molecule has 0 aliphatic rings. The van der Waals surface area contributed by atoms with Crippen LogP contribution in [0.4, 0.5) is 0 Å². The maximum Gasteiger partial charge on any atom is 0.306 e. The Balaban J connectivity index is 4.30. The molecular formula is C68H116O6. The highest BCUT2D eigenvalue weighted by atomic mass is 16.6. The van der Waals surface area contributed by atoms with Gasteiger partial charge in [-0.2, -0.15) is 0 Å². The Bertz CT molecular complexity index is 1460. The van der Waals surface area contributed by atoms with Crippen molar-refractivity contribution in [2.45, 2.75) is 303 Å². The van der Waals surface area contributed by atoms with E-state index in [0.717, 1.165) is 122 Å². The molecule has 6 heteroatoms. The Hall–Kier alpha value is -3.67. The maximum atomic E-state index is 12.9. The normalized spacial score (nSPS) is 12.7. The Morgan fingerprint density at radius 1 is 0.284 bits per heavy atom. The zero-order valence-corrected chi connectivity index (χ0v) is 48.6. The van der Waals surface area contributed by atoms with Gasteiger partial charge in [-0.15, -0.1) is 0 Å². The SMILES string of the molecule is CC/C=C\C/C=C\C/C=C\C/C=C\C/C=C\C/C=C\C/C=C\C/C=C\CCCCCCC(=O)OCC(COC(=O)CCCCCCCCCCCC)OC(=O)CCCCCCCCCCCCCCCCCCC. The van der Waals surface area contributed by atoms with Gasteiger partial charge in [0.15, 0.2) is 6.10 Å². The third-order valence-corrected chi connectivity index (χ3v) is 13.4. The van der Waals surface area contributed by atoms with Crippen molar-refractivity contribution in [3.63, 3.8) is 0 Å². The molecule has 0 aliphatic carbocycles. The number of allylic oxidation sites excluding steroid dienone is 16.